The molecule has 2 rings (SSSR count). The highest BCUT2D eigenvalue weighted by Crippen LogP contribution is 2.46. The van der Waals surface area contributed by atoms with Crippen molar-refractivity contribution in [1.29, 1.82) is 0 Å². The molecule has 1 aliphatic heterocycles. The van der Waals surface area contributed by atoms with E-state index in [1.165, 1.54) is 0 Å². The van der Waals surface area contributed by atoms with Gasteiger partial charge in [-0.15, -0.1) is 0 Å². The summed E-state index contributed by atoms with van der Waals surface area (Å²) in [5.41, 5.74) is 5.81. The molecule has 4 nitrogen and oxygen atoms in total. The van der Waals surface area contributed by atoms with Gasteiger partial charge in [0.25, 0.3) is 0 Å². The number of ether oxygens (including phenoxy) is 1. The van der Waals surface area contributed by atoms with Crippen LogP contribution in [0.2, 0.25) is 0 Å². The fraction of sp³-hybridized carbons (Fsp3) is 0.917. The Hall–Kier alpha value is -0.610. The quantitative estimate of drug-likeness (QED) is 0.772. The van der Waals surface area contributed by atoms with Crippen LogP contribution in [0.4, 0.5) is 0 Å². The minimum Gasteiger partial charge on any atom is -0.378 e. The zero-order chi connectivity index (χ0) is 11.9. The van der Waals surface area contributed by atoms with E-state index in [1.807, 2.05) is 11.8 Å². The Bertz CT molecular complexity index is 291. The van der Waals surface area contributed by atoms with Crippen LogP contribution >= 0.6 is 0 Å². The first-order valence-corrected chi connectivity index (χ1v) is 6.16. The van der Waals surface area contributed by atoms with Crippen molar-refractivity contribution in [2.75, 3.05) is 13.2 Å². The third kappa shape index (κ3) is 1.64. The van der Waals surface area contributed by atoms with Gasteiger partial charge >= 0.3 is 0 Å². The van der Waals surface area contributed by atoms with E-state index in [1.54, 1.807) is 0 Å². The molecule has 1 amide bonds. The van der Waals surface area contributed by atoms with Gasteiger partial charge in [-0.3, -0.25) is 4.79 Å². The molecular formula is C12H22N2O2. The molecule has 3 unspecified atom stereocenters. The van der Waals surface area contributed by atoms with Crippen molar-refractivity contribution < 1.29 is 9.53 Å². The summed E-state index contributed by atoms with van der Waals surface area (Å²) in [6.45, 7) is 7.93. The second kappa shape index (κ2) is 4.00. The number of nitrogens with two attached hydrogens (primary N) is 1. The van der Waals surface area contributed by atoms with Crippen LogP contribution in [0.5, 0.6) is 0 Å². The van der Waals surface area contributed by atoms with Gasteiger partial charge in [0.05, 0.1) is 12.1 Å². The minimum atomic E-state index is -0.276. The summed E-state index contributed by atoms with van der Waals surface area (Å²) in [6.07, 6.45) is 2.04. The smallest absolute Gasteiger partial charge is 0.239 e. The van der Waals surface area contributed by atoms with E-state index in [0.29, 0.717) is 6.04 Å². The fourth-order valence-electron chi connectivity index (χ4n) is 2.91. The molecule has 2 N–H and O–H groups in total. The van der Waals surface area contributed by atoms with E-state index in [0.717, 1.165) is 26.0 Å². The lowest BCUT2D eigenvalue weighted by Crippen LogP contribution is -2.63. The maximum Gasteiger partial charge on any atom is 0.239 e. The van der Waals surface area contributed by atoms with Crippen LogP contribution in [0.1, 0.15) is 33.6 Å². The molecule has 1 saturated heterocycles. The monoisotopic (exact) mass is 226 g/mol. The van der Waals surface area contributed by atoms with Gasteiger partial charge < -0.3 is 15.4 Å². The molecule has 1 saturated carbocycles. The van der Waals surface area contributed by atoms with E-state index >= 15 is 0 Å². The first-order chi connectivity index (χ1) is 7.48. The molecule has 1 heterocycles. The highest BCUT2D eigenvalue weighted by atomic mass is 16.5. The van der Waals surface area contributed by atoms with Crippen molar-refractivity contribution in [3.8, 4) is 0 Å². The van der Waals surface area contributed by atoms with Crippen LogP contribution < -0.4 is 5.73 Å². The highest BCUT2D eigenvalue weighted by Gasteiger charge is 2.54. The lowest BCUT2D eigenvalue weighted by Gasteiger charge is -2.54. The first kappa shape index (κ1) is 11.9. The van der Waals surface area contributed by atoms with E-state index < -0.39 is 0 Å². The van der Waals surface area contributed by atoms with Crippen molar-refractivity contribution in [3.63, 3.8) is 0 Å². The van der Waals surface area contributed by atoms with Gasteiger partial charge in [0, 0.05) is 24.6 Å². The van der Waals surface area contributed by atoms with Gasteiger partial charge in [0.1, 0.15) is 0 Å². The van der Waals surface area contributed by atoms with Gasteiger partial charge in [-0.05, 0) is 19.8 Å². The number of rotatable bonds is 3. The summed E-state index contributed by atoms with van der Waals surface area (Å²) in [6, 6.07) is 0.0343. The Labute approximate surface area is 97.1 Å². The van der Waals surface area contributed by atoms with Gasteiger partial charge in [0.15, 0.2) is 0 Å². The largest absolute Gasteiger partial charge is 0.378 e. The van der Waals surface area contributed by atoms with E-state index in [9.17, 15) is 4.79 Å². The number of hydrogen-bond acceptors (Lipinski definition) is 3. The van der Waals surface area contributed by atoms with E-state index in [4.69, 9.17) is 10.5 Å². The van der Waals surface area contributed by atoms with Crippen LogP contribution in [0.3, 0.4) is 0 Å². The van der Waals surface area contributed by atoms with Gasteiger partial charge in [0.2, 0.25) is 5.91 Å². The summed E-state index contributed by atoms with van der Waals surface area (Å²) in [5.74, 6) is 0.119. The first-order valence-electron chi connectivity index (χ1n) is 6.16. The number of carbonyl (C=O) groups excluding carboxylic acids is 1. The number of likely N-dealkylation sites (tertiary alicyclic amines) is 1. The molecule has 0 spiro atoms. The SMILES string of the molecule is CCOC1CC(N2CCC(N)C2=O)C1(C)C. The van der Waals surface area contributed by atoms with Crippen molar-refractivity contribution in [2.24, 2.45) is 11.1 Å². The van der Waals surface area contributed by atoms with E-state index in [2.05, 4.69) is 13.8 Å². The fourth-order valence-corrected chi connectivity index (χ4v) is 2.91. The molecule has 0 bridgehead atoms. The van der Waals surface area contributed by atoms with Crippen LogP contribution in [0.15, 0.2) is 0 Å². The molecule has 0 radical (unpaired) electrons. The minimum absolute atomic E-state index is 0.0652. The summed E-state index contributed by atoms with van der Waals surface area (Å²) < 4.78 is 5.68. The Balaban J connectivity index is 2.01. The molecule has 1 aliphatic carbocycles. The van der Waals surface area contributed by atoms with Crippen molar-refractivity contribution in [2.45, 2.75) is 51.8 Å². The van der Waals surface area contributed by atoms with Gasteiger partial charge in [-0.1, -0.05) is 13.8 Å². The van der Waals surface area contributed by atoms with Crippen molar-refractivity contribution >= 4 is 5.91 Å². The van der Waals surface area contributed by atoms with Crippen LogP contribution in [-0.4, -0.2) is 42.1 Å². The molecule has 0 aromatic carbocycles. The molecule has 2 aliphatic rings. The summed E-state index contributed by atoms with van der Waals surface area (Å²) in [5, 5.41) is 0. The molecule has 4 heteroatoms. The zero-order valence-electron chi connectivity index (χ0n) is 10.4. The predicted octanol–water partition coefficient (Wildman–Crippen LogP) is 0.750. The maximum atomic E-state index is 11.9. The van der Waals surface area contributed by atoms with Crippen LogP contribution in [-0.2, 0) is 9.53 Å². The molecule has 16 heavy (non-hydrogen) atoms. The Kier molecular flexibility index (Phi) is 2.97. The zero-order valence-corrected chi connectivity index (χ0v) is 10.4. The van der Waals surface area contributed by atoms with Crippen molar-refractivity contribution in [3.05, 3.63) is 0 Å². The molecule has 0 aromatic heterocycles. The second-order valence-electron chi connectivity index (χ2n) is 5.44. The van der Waals surface area contributed by atoms with Crippen LogP contribution in [0.25, 0.3) is 0 Å². The third-order valence-electron chi connectivity index (χ3n) is 4.15. The molecule has 92 valence electrons. The Morgan fingerprint density at radius 2 is 2.25 bits per heavy atom. The maximum absolute atomic E-state index is 11.9. The predicted molar refractivity (Wildman–Crippen MR) is 61.9 cm³/mol. The third-order valence-corrected chi connectivity index (χ3v) is 4.15. The van der Waals surface area contributed by atoms with Crippen LogP contribution in [0, 0.1) is 5.41 Å². The van der Waals surface area contributed by atoms with Crippen molar-refractivity contribution in [1.82, 2.24) is 4.90 Å². The number of hydrogen-bond donors (Lipinski definition) is 1. The average Bonchev–Trinajstić information content (AvgIpc) is 2.55. The summed E-state index contributed by atoms with van der Waals surface area (Å²) >= 11 is 0. The Morgan fingerprint density at radius 3 is 2.69 bits per heavy atom. The number of amides is 1. The summed E-state index contributed by atoms with van der Waals surface area (Å²) in [4.78, 5) is 13.8. The molecule has 2 fully saturated rings. The topological polar surface area (TPSA) is 55.6 Å². The average molecular weight is 226 g/mol. The number of carbonyl (C=O) groups is 1. The second-order valence-corrected chi connectivity index (χ2v) is 5.44. The Morgan fingerprint density at radius 1 is 1.56 bits per heavy atom. The van der Waals surface area contributed by atoms with Gasteiger partial charge in [-0.2, -0.15) is 0 Å². The lowest BCUT2D eigenvalue weighted by atomic mass is 9.63. The van der Waals surface area contributed by atoms with Gasteiger partial charge in [-0.25, -0.2) is 0 Å². The highest BCUT2D eigenvalue weighted by molar-refractivity contribution is 5.84. The van der Waals surface area contributed by atoms with E-state index in [-0.39, 0.29) is 23.5 Å². The number of nitrogens with zero attached hydrogens (tertiary/aromatic N) is 1. The summed E-state index contributed by atoms with van der Waals surface area (Å²) in [7, 11) is 0. The molecule has 3 atom stereocenters. The normalized spacial score (nSPS) is 37.6. The lowest BCUT2D eigenvalue weighted by molar-refractivity contribution is -0.162. The molecule has 0 aromatic rings. The molecular weight excluding hydrogens is 204 g/mol. The standard InChI is InChI=1S/C12H22N2O2/c1-4-16-10-7-9(12(10,2)3)14-6-5-8(13)11(14)15/h8-10H,4-7,13H2,1-3H3.